The summed E-state index contributed by atoms with van der Waals surface area (Å²) in [5, 5.41) is 7.47. The maximum absolute atomic E-state index is 12.9. The number of rotatable bonds is 7. The van der Waals surface area contributed by atoms with E-state index in [4.69, 9.17) is 0 Å². The largest absolute Gasteiger partial charge is 0.329 e. The van der Waals surface area contributed by atoms with Crippen LogP contribution in [0.4, 0.5) is 11.4 Å². The monoisotopic (exact) mass is 434 g/mol. The van der Waals surface area contributed by atoms with Gasteiger partial charge in [-0.1, -0.05) is 31.2 Å². The van der Waals surface area contributed by atoms with Crippen molar-refractivity contribution in [2.45, 2.75) is 26.4 Å². The first kappa shape index (κ1) is 20.6. The van der Waals surface area contributed by atoms with Crippen LogP contribution in [0.2, 0.25) is 0 Å². The number of imidazole rings is 1. The lowest BCUT2D eigenvalue weighted by molar-refractivity contribution is -0.116. The highest BCUT2D eigenvalue weighted by molar-refractivity contribution is 7.12. The lowest BCUT2D eigenvalue weighted by Gasteiger charge is -2.09. The summed E-state index contributed by atoms with van der Waals surface area (Å²) in [4.78, 5) is 38.4. The van der Waals surface area contributed by atoms with Gasteiger partial charge >= 0.3 is 5.69 Å². The Kier molecular flexibility index (Phi) is 5.99. The van der Waals surface area contributed by atoms with Gasteiger partial charge in [0, 0.05) is 17.9 Å². The number of nitrogens with one attached hydrogen (secondary N) is 2. The number of hydrogen-bond acceptors (Lipinski definition) is 4. The topological polar surface area (TPSA) is 85.1 Å². The number of hydrogen-bond donors (Lipinski definition) is 2. The molecule has 0 aliphatic heterocycles. The van der Waals surface area contributed by atoms with E-state index in [0.29, 0.717) is 22.8 Å². The standard InChI is InChI=1S/C23H22N4O3S/c1-2-12-26-18-9-3-4-10-19(18)27(23(26)30)15-21(28)24-16-7-5-8-17(14-16)25-22(29)20-11-6-13-31-20/h3-11,13-14H,2,12,15H2,1H3,(H,24,28)(H,25,29). The van der Waals surface area contributed by atoms with Crippen LogP contribution in [0.1, 0.15) is 23.0 Å². The van der Waals surface area contributed by atoms with Crippen molar-refractivity contribution in [1.29, 1.82) is 0 Å². The normalized spacial score (nSPS) is 10.9. The van der Waals surface area contributed by atoms with Crippen molar-refractivity contribution in [2.24, 2.45) is 0 Å². The van der Waals surface area contributed by atoms with Crippen molar-refractivity contribution in [3.63, 3.8) is 0 Å². The highest BCUT2D eigenvalue weighted by Crippen LogP contribution is 2.18. The zero-order valence-electron chi connectivity index (χ0n) is 17.0. The van der Waals surface area contributed by atoms with E-state index in [2.05, 4.69) is 10.6 Å². The third-order valence-corrected chi connectivity index (χ3v) is 5.69. The Bertz CT molecular complexity index is 1290. The average Bonchev–Trinajstić information content (AvgIpc) is 3.38. The van der Waals surface area contributed by atoms with E-state index in [1.54, 1.807) is 34.9 Å². The Labute approximate surface area is 182 Å². The minimum atomic E-state index is -0.316. The Morgan fingerprint density at radius 2 is 1.61 bits per heavy atom. The van der Waals surface area contributed by atoms with Gasteiger partial charge in [0.15, 0.2) is 0 Å². The van der Waals surface area contributed by atoms with Gasteiger partial charge in [-0.25, -0.2) is 4.79 Å². The highest BCUT2D eigenvalue weighted by atomic mass is 32.1. The number of benzene rings is 2. The molecule has 0 bridgehead atoms. The molecule has 0 fully saturated rings. The molecule has 0 spiro atoms. The molecule has 0 unspecified atom stereocenters. The number of carbonyl (C=O) groups excluding carboxylic acids is 2. The van der Waals surface area contributed by atoms with E-state index in [1.165, 1.54) is 15.9 Å². The van der Waals surface area contributed by atoms with Crippen LogP contribution in [0.3, 0.4) is 0 Å². The van der Waals surface area contributed by atoms with E-state index >= 15 is 0 Å². The third-order valence-electron chi connectivity index (χ3n) is 4.82. The number of anilines is 2. The first-order valence-electron chi connectivity index (χ1n) is 9.99. The molecule has 0 saturated heterocycles. The van der Waals surface area contributed by atoms with Crippen molar-refractivity contribution in [3.05, 3.63) is 81.4 Å². The van der Waals surface area contributed by atoms with Crippen molar-refractivity contribution >= 4 is 45.6 Å². The third kappa shape index (κ3) is 4.44. The number of carbonyl (C=O) groups is 2. The zero-order chi connectivity index (χ0) is 21.8. The van der Waals surface area contributed by atoms with Crippen LogP contribution in [0, 0.1) is 0 Å². The van der Waals surface area contributed by atoms with E-state index in [9.17, 15) is 14.4 Å². The maximum atomic E-state index is 12.9. The summed E-state index contributed by atoms with van der Waals surface area (Å²) in [6.07, 6.45) is 0.824. The summed E-state index contributed by atoms with van der Waals surface area (Å²) in [6.45, 7) is 2.51. The van der Waals surface area contributed by atoms with Gasteiger partial charge in [0.25, 0.3) is 5.91 Å². The van der Waals surface area contributed by atoms with Gasteiger partial charge in [0.05, 0.1) is 15.9 Å². The molecule has 2 N–H and O–H groups in total. The van der Waals surface area contributed by atoms with Crippen LogP contribution in [0.25, 0.3) is 11.0 Å². The van der Waals surface area contributed by atoms with Crippen LogP contribution in [0.15, 0.2) is 70.8 Å². The smallest absolute Gasteiger partial charge is 0.324 e. The number of para-hydroxylation sites is 2. The summed E-state index contributed by atoms with van der Waals surface area (Å²) >= 11 is 1.36. The van der Waals surface area contributed by atoms with Crippen molar-refractivity contribution in [1.82, 2.24) is 9.13 Å². The van der Waals surface area contributed by atoms with Crippen LogP contribution in [0.5, 0.6) is 0 Å². The molecule has 4 rings (SSSR count). The first-order chi connectivity index (χ1) is 15.1. The van der Waals surface area contributed by atoms with Crippen molar-refractivity contribution < 1.29 is 9.59 Å². The molecule has 8 heteroatoms. The highest BCUT2D eigenvalue weighted by Gasteiger charge is 2.15. The molecule has 0 radical (unpaired) electrons. The van der Waals surface area contributed by atoms with E-state index in [0.717, 1.165) is 17.5 Å². The minimum Gasteiger partial charge on any atom is -0.324 e. The number of aryl methyl sites for hydroxylation is 1. The van der Waals surface area contributed by atoms with Gasteiger partial charge in [-0.3, -0.25) is 18.7 Å². The summed E-state index contributed by atoms with van der Waals surface area (Å²) in [5.74, 6) is -0.517. The van der Waals surface area contributed by atoms with E-state index < -0.39 is 0 Å². The summed E-state index contributed by atoms with van der Waals surface area (Å²) in [7, 11) is 0. The number of amides is 2. The zero-order valence-corrected chi connectivity index (χ0v) is 17.8. The molecule has 2 aromatic carbocycles. The van der Waals surface area contributed by atoms with Gasteiger partial charge in [-0.2, -0.15) is 0 Å². The SMILES string of the molecule is CCCn1c(=O)n(CC(=O)Nc2cccc(NC(=O)c3cccs3)c2)c2ccccc21. The van der Waals surface area contributed by atoms with Crippen LogP contribution < -0.4 is 16.3 Å². The Hall–Kier alpha value is -3.65. The molecule has 158 valence electrons. The number of nitrogens with zero attached hydrogens (tertiary/aromatic N) is 2. The second-order valence-corrected chi connectivity index (χ2v) is 8.02. The van der Waals surface area contributed by atoms with Gasteiger partial charge in [0.1, 0.15) is 6.54 Å². The van der Waals surface area contributed by atoms with Crippen LogP contribution >= 0.6 is 11.3 Å². The average molecular weight is 435 g/mol. The molecule has 4 aromatic rings. The van der Waals surface area contributed by atoms with E-state index in [-0.39, 0.29) is 24.0 Å². The van der Waals surface area contributed by atoms with Gasteiger partial charge in [-0.05, 0) is 48.2 Å². The van der Waals surface area contributed by atoms with E-state index in [1.807, 2.05) is 42.6 Å². The number of thiophene rings is 1. The summed E-state index contributed by atoms with van der Waals surface area (Å²) < 4.78 is 3.19. The predicted octanol–water partition coefficient (Wildman–Crippen LogP) is 4.17. The lowest BCUT2D eigenvalue weighted by atomic mass is 10.2. The molecule has 0 saturated carbocycles. The van der Waals surface area contributed by atoms with Crippen molar-refractivity contribution in [3.8, 4) is 0 Å². The van der Waals surface area contributed by atoms with Gasteiger partial charge < -0.3 is 10.6 Å². The molecule has 2 amide bonds. The minimum absolute atomic E-state index is 0.0954. The Morgan fingerprint density at radius 3 is 2.29 bits per heavy atom. The summed E-state index contributed by atoms with van der Waals surface area (Å²) in [6, 6.07) is 18.0. The number of aromatic nitrogens is 2. The molecule has 2 aromatic heterocycles. The molecule has 0 aliphatic rings. The quantitative estimate of drug-likeness (QED) is 0.458. The molecule has 0 atom stereocenters. The molecule has 2 heterocycles. The van der Waals surface area contributed by atoms with Crippen molar-refractivity contribution in [2.75, 3.05) is 10.6 Å². The van der Waals surface area contributed by atoms with Crippen LogP contribution in [-0.4, -0.2) is 20.9 Å². The predicted molar refractivity (Wildman–Crippen MR) is 124 cm³/mol. The molecule has 7 nitrogen and oxygen atoms in total. The molecule has 31 heavy (non-hydrogen) atoms. The number of fused-ring (bicyclic) bond motifs is 1. The second-order valence-electron chi connectivity index (χ2n) is 7.07. The van der Waals surface area contributed by atoms with Gasteiger partial charge in [0.2, 0.25) is 5.91 Å². The summed E-state index contributed by atoms with van der Waals surface area (Å²) in [5.41, 5.74) is 2.47. The Morgan fingerprint density at radius 1 is 0.903 bits per heavy atom. The molecule has 0 aliphatic carbocycles. The lowest BCUT2D eigenvalue weighted by Crippen LogP contribution is -2.29. The fourth-order valence-corrected chi connectivity index (χ4v) is 4.10. The second kappa shape index (κ2) is 9.01. The fraction of sp³-hybridized carbons (Fsp3) is 0.174. The molecular formula is C23H22N4O3S. The van der Waals surface area contributed by atoms with Crippen LogP contribution in [-0.2, 0) is 17.9 Å². The van der Waals surface area contributed by atoms with Gasteiger partial charge in [-0.15, -0.1) is 11.3 Å². The first-order valence-corrected chi connectivity index (χ1v) is 10.9. The molecular weight excluding hydrogens is 412 g/mol. The Balaban J connectivity index is 1.50. The fourth-order valence-electron chi connectivity index (χ4n) is 3.48. The maximum Gasteiger partial charge on any atom is 0.329 e.